The van der Waals surface area contributed by atoms with Crippen molar-refractivity contribution in [3.63, 3.8) is 0 Å². The number of carbonyl (C=O) groups excluding carboxylic acids is 1. The van der Waals surface area contributed by atoms with Gasteiger partial charge in [-0.05, 0) is 147 Å². The van der Waals surface area contributed by atoms with Crippen LogP contribution in [-0.4, -0.2) is 64.9 Å². The highest BCUT2D eigenvalue weighted by atomic mass is 32.2. The van der Waals surface area contributed by atoms with Crippen LogP contribution in [-0.2, 0) is 20.3 Å². The number of nitrogens with zero attached hydrogens (tertiary/aromatic N) is 1. The number of hydrogen-bond donors (Lipinski definition) is 1. The van der Waals surface area contributed by atoms with Crippen molar-refractivity contribution in [1.29, 1.82) is 0 Å². The maximum Gasteiger partial charge on any atom is 0.334 e. The molecule has 7 rings (SSSR count). The third kappa shape index (κ3) is 5.42. The largest absolute Gasteiger partial charge is 0.463 e. The van der Waals surface area contributed by atoms with Crippen LogP contribution in [0.2, 0.25) is 0 Å². The van der Waals surface area contributed by atoms with E-state index in [0.717, 1.165) is 79.4 Å². The first-order chi connectivity index (χ1) is 22.8. The summed E-state index contributed by atoms with van der Waals surface area (Å²) in [7, 11) is -0.595. The van der Waals surface area contributed by atoms with Crippen LogP contribution in [0.1, 0.15) is 126 Å². The molecule has 8 atom stereocenters. The quantitative estimate of drug-likeness (QED) is 0.274. The molecule has 5 nitrogen and oxygen atoms in total. The number of rotatable bonds is 7. The lowest BCUT2D eigenvalue weighted by atomic mass is 9.33. The minimum atomic E-state index is -0.595. The number of fused-ring (bicyclic) bond motifs is 7. The zero-order valence-corrected chi connectivity index (χ0v) is 32.3. The van der Waals surface area contributed by atoms with Crippen molar-refractivity contribution in [2.24, 2.45) is 45.3 Å². The van der Waals surface area contributed by atoms with Crippen LogP contribution < -0.4 is 5.32 Å². The van der Waals surface area contributed by atoms with Gasteiger partial charge in [-0.15, -0.1) is 0 Å². The van der Waals surface area contributed by atoms with Crippen molar-refractivity contribution in [2.75, 3.05) is 44.3 Å². The number of hydrogen-bond acceptors (Lipinski definition) is 5. The molecule has 0 aromatic heterocycles. The van der Waals surface area contributed by atoms with Gasteiger partial charge in [0.05, 0.1) is 6.61 Å². The van der Waals surface area contributed by atoms with Crippen molar-refractivity contribution in [2.45, 2.75) is 131 Å². The third-order valence-corrected chi connectivity index (χ3v) is 17.8. The molecule has 0 aromatic rings. The van der Waals surface area contributed by atoms with Gasteiger partial charge in [0, 0.05) is 59.6 Å². The molecule has 6 heteroatoms. The van der Waals surface area contributed by atoms with Gasteiger partial charge >= 0.3 is 5.97 Å². The summed E-state index contributed by atoms with van der Waals surface area (Å²) >= 11 is 0. The molecule has 5 unspecified atom stereocenters. The van der Waals surface area contributed by atoms with Crippen LogP contribution in [0.25, 0.3) is 0 Å². The second-order valence-electron chi connectivity index (χ2n) is 18.5. The van der Waals surface area contributed by atoms with Crippen LogP contribution in [0, 0.1) is 45.3 Å². The fourth-order valence-corrected chi connectivity index (χ4v) is 15.1. The predicted molar refractivity (Wildman–Crippen MR) is 198 cm³/mol. The highest BCUT2D eigenvalue weighted by Crippen LogP contribution is 2.76. The Kier molecular flexibility index (Phi) is 9.35. The van der Waals surface area contributed by atoms with Crippen molar-refractivity contribution in [3.05, 3.63) is 34.4 Å². The Bertz CT molecular complexity index is 1400. The van der Waals surface area contributed by atoms with E-state index in [1.165, 1.54) is 69.8 Å². The highest BCUT2D eigenvalue weighted by molar-refractivity contribution is 7.85. The minimum absolute atomic E-state index is 0.125. The molecule has 6 aliphatic carbocycles. The normalized spacial score (nSPS) is 43.0. The van der Waals surface area contributed by atoms with E-state index in [-0.39, 0.29) is 11.4 Å². The molecule has 48 heavy (non-hydrogen) atoms. The van der Waals surface area contributed by atoms with E-state index in [2.05, 4.69) is 63.9 Å². The highest BCUT2D eigenvalue weighted by Gasteiger charge is 2.69. The van der Waals surface area contributed by atoms with Gasteiger partial charge in [-0.3, -0.25) is 4.21 Å². The second kappa shape index (κ2) is 12.8. The maximum atomic E-state index is 12.6. The summed E-state index contributed by atoms with van der Waals surface area (Å²) in [4.78, 5) is 15.1. The molecule has 1 aliphatic heterocycles. The number of ether oxygens (including phenoxy) is 1. The number of allylic oxidation sites excluding steroid dienone is 5. The molecule has 0 radical (unpaired) electrons. The summed E-state index contributed by atoms with van der Waals surface area (Å²) < 4.78 is 17.3. The average molecular weight is 679 g/mol. The van der Waals surface area contributed by atoms with Gasteiger partial charge in [-0.1, -0.05) is 53.2 Å². The van der Waals surface area contributed by atoms with Crippen LogP contribution in [0.5, 0.6) is 0 Å². The molecule has 5 fully saturated rings. The summed E-state index contributed by atoms with van der Waals surface area (Å²) in [6.07, 6.45) is 20.3. The lowest BCUT2D eigenvalue weighted by Crippen LogP contribution is -2.67. The Hall–Kier alpha value is -1.24. The Morgan fingerprint density at radius 2 is 1.71 bits per heavy atom. The lowest BCUT2D eigenvalue weighted by molar-refractivity contribution is -0.218. The third-order valence-electron chi connectivity index (χ3n) is 16.5. The van der Waals surface area contributed by atoms with Gasteiger partial charge in [-0.25, -0.2) is 4.79 Å². The molecule has 1 N–H and O–H groups in total. The van der Waals surface area contributed by atoms with Crippen LogP contribution >= 0.6 is 0 Å². The smallest absolute Gasteiger partial charge is 0.334 e. The molecule has 268 valence electrons. The summed E-state index contributed by atoms with van der Waals surface area (Å²) in [5.41, 5.74) is 6.58. The summed E-state index contributed by atoms with van der Waals surface area (Å²) in [6.45, 7) is 22.0. The Labute approximate surface area is 295 Å². The van der Waals surface area contributed by atoms with Gasteiger partial charge in [-0.2, -0.15) is 0 Å². The van der Waals surface area contributed by atoms with E-state index < -0.39 is 10.8 Å². The fourth-order valence-electron chi connectivity index (χ4n) is 14.0. The first kappa shape index (κ1) is 35.2. The first-order valence-electron chi connectivity index (χ1n) is 19.9. The zero-order valence-electron chi connectivity index (χ0n) is 31.5. The van der Waals surface area contributed by atoms with Gasteiger partial charge in [0.25, 0.3) is 0 Å². The van der Waals surface area contributed by atoms with Gasteiger partial charge < -0.3 is 15.0 Å². The lowest BCUT2D eigenvalue weighted by Gasteiger charge is -2.72. The molecule has 1 saturated heterocycles. The Morgan fingerprint density at radius 3 is 2.44 bits per heavy atom. The van der Waals surface area contributed by atoms with E-state index in [9.17, 15) is 9.00 Å². The number of carbonyl (C=O) groups is 1. The molecular formula is C42H66N2O3S. The standard InChI is InChI=1S/C42H66N2O3S/c1-8-47-37(45)31-12-11-30(28-29(31)2)32-15-18-39(5)35(38(32,3)4)16-19-41(7)36(39)14-13-33-34-10-9-17-42(34,21-20-40(33,41)6)43-22-23-44-24-26-48(46)27-25-44/h15,28,33-36,43H,8-14,16-27H2,1-7H3/t33-,34-,35?,36?,39?,40-,41?,42?/m1/s1. The fraction of sp³-hybridized carbons (Fsp3) is 0.833. The molecule has 0 amide bonds. The van der Waals surface area contributed by atoms with E-state index in [1.807, 2.05) is 6.92 Å². The molecular weight excluding hydrogens is 613 g/mol. The van der Waals surface area contributed by atoms with Crippen molar-refractivity contribution in [1.82, 2.24) is 10.2 Å². The van der Waals surface area contributed by atoms with Gasteiger partial charge in [0.15, 0.2) is 0 Å². The zero-order chi connectivity index (χ0) is 34.1. The Balaban J connectivity index is 1.10. The first-order valence-corrected chi connectivity index (χ1v) is 21.4. The second-order valence-corrected chi connectivity index (χ2v) is 20.2. The molecule has 0 bridgehead atoms. The summed E-state index contributed by atoms with van der Waals surface area (Å²) in [5.74, 6) is 4.68. The average Bonchev–Trinajstić information content (AvgIpc) is 3.46. The van der Waals surface area contributed by atoms with Gasteiger partial charge in [0.1, 0.15) is 0 Å². The number of nitrogens with one attached hydrogen (secondary N) is 1. The molecule has 0 aromatic carbocycles. The van der Waals surface area contributed by atoms with Crippen LogP contribution in [0.4, 0.5) is 0 Å². The summed E-state index contributed by atoms with van der Waals surface area (Å²) in [6, 6.07) is 0. The molecule has 0 spiro atoms. The van der Waals surface area contributed by atoms with E-state index in [4.69, 9.17) is 4.74 Å². The SMILES string of the molecule is CCOC(=O)C1=C(C)C=C(C2=CCC3(C)C(CCC4(C)C3CC[C@@H]3[C@H]5CCCC5(NCCN5CCS(=O)CC5)CC[C@]34C)C2(C)C)CC1. The maximum absolute atomic E-state index is 12.6. The monoisotopic (exact) mass is 678 g/mol. The van der Waals surface area contributed by atoms with Crippen molar-refractivity contribution in [3.8, 4) is 0 Å². The number of esters is 1. The van der Waals surface area contributed by atoms with Crippen molar-refractivity contribution >= 4 is 16.8 Å². The minimum Gasteiger partial charge on any atom is -0.463 e. The van der Waals surface area contributed by atoms with Gasteiger partial charge in [0.2, 0.25) is 0 Å². The predicted octanol–water partition coefficient (Wildman–Crippen LogP) is 8.38. The Morgan fingerprint density at radius 1 is 0.938 bits per heavy atom. The van der Waals surface area contributed by atoms with E-state index in [1.54, 1.807) is 5.57 Å². The van der Waals surface area contributed by atoms with Crippen LogP contribution in [0.15, 0.2) is 34.4 Å². The van der Waals surface area contributed by atoms with Crippen molar-refractivity contribution < 1.29 is 13.7 Å². The van der Waals surface area contributed by atoms with E-state index >= 15 is 0 Å². The summed E-state index contributed by atoms with van der Waals surface area (Å²) in [5, 5.41) is 4.25. The molecule has 7 aliphatic rings. The molecule has 4 saturated carbocycles. The molecule has 1 heterocycles. The van der Waals surface area contributed by atoms with E-state index in [0.29, 0.717) is 34.3 Å². The van der Waals surface area contributed by atoms with Crippen LogP contribution in [0.3, 0.4) is 0 Å². The topological polar surface area (TPSA) is 58.6 Å².